The highest BCUT2D eigenvalue weighted by atomic mass is 16.5. The number of hydrogen-bond acceptors (Lipinski definition) is 6. The smallest absolute Gasteiger partial charge is 0.337 e. The van der Waals surface area contributed by atoms with Crippen LogP contribution in [0, 0.1) is 0 Å². The molecule has 2 heterocycles. The molecule has 8 nitrogen and oxygen atoms in total. The fraction of sp³-hybridized carbons (Fsp3) is 0.357. The van der Waals surface area contributed by atoms with E-state index in [-0.39, 0.29) is 12.5 Å². The van der Waals surface area contributed by atoms with Gasteiger partial charge in [-0.1, -0.05) is 0 Å². The highest BCUT2D eigenvalue weighted by molar-refractivity contribution is 6.06. The third-order valence-corrected chi connectivity index (χ3v) is 3.89. The molecule has 2 unspecified atom stereocenters. The highest BCUT2D eigenvalue weighted by Crippen LogP contribution is 2.35. The fourth-order valence-corrected chi connectivity index (χ4v) is 2.85. The Morgan fingerprint density at radius 2 is 2.14 bits per heavy atom. The first kappa shape index (κ1) is 14.3. The number of hydrogen-bond donors (Lipinski definition) is 3. The number of aliphatic carboxylic acids is 1. The standard InChI is InChI=1S/C14H15N3O5/c1-22-14(21)7-2-3-9-8(4-7)16-12(18)10-5-15-6-11(13(19)20)17(9)10/h2-4,10-11,15H,5-6H2,1H3,(H,16,18)(H,19,20). The van der Waals surface area contributed by atoms with Gasteiger partial charge in [0.25, 0.3) is 0 Å². The molecule has 2 atom stereocenters. The molecule has 116 valence electrons. The average Bonchev–Trinajstić information content (AvgIpc) is 2.53. The number of benzene rings is 1. The topological polar surface area (TPSA) is 108 Å². The number of amides is 1. The molecule has 0 radical (unpaired) electrons. The molecule has 1 aromatic carbocycles. The number of carboxylic acid groups (broad SMARTS) is 1. The van der Waals surface area contributed by atoms with Crippen molar-refractivity contribution < 1.29 is 24.2 Å². The number of carbonyl (C=O) groups excluding carboxylic acids is 2. The molecule has 1 fully saturated rings. The first-order valence-electron chi connectivity index (χ1n) is 6.78. The molecule has 0 bridgehead atoms. The van der Waals surface area contributed by atoms with Gasteiger partial charge in [-0.05, 0) is 18.2 Å². The number of esters is 1. The number of nitrogens with zero attached hydrogens (tertiary/aromatic N) is 1. The molecule has 0 aromatic heterocycles. The molecule has 1 saturated heterocycles. The van der Waals surface area contributed by atoms with Crippen LogP contribution in [0.1, 0.15) is 10.4 Å². The second kappa shape index (κ2) is 5.30. The van der Waals surface area contributed by atoms with E-state index in [1.54, 1.807) is 17.0 Å². The fourth-order valence-electron chi connectivity index (χ4n) is 2.85. The summed E-state index contributed by atoms with van der Waals surface area (Å²) in [6, 6.07) is 3.25. The summed E-state index contributed by atoms with van der Waals surface area (Å²) in [5.41, 5.74) is 1.30. The molecule has 1 aromatic rings. The second-order valence-electron chi connectivity index (χ2n) is 5.15. The summed E-state index contributed by atoms with van der Waals surface area (Å²) >= 11 is 0. The van der Waals surface area contributed by atoms with E-state index in [9.17, 15) is 19.5 Å². The normalized spacial score (nSPS) is 23.1. The van der Waals surface area contributed by atoms with Gasteiger partial charge in [-0.2, -0.15) is 0 Å². The van der Waals surface area contributed by atoms with Crippen molar-refractivity contribution in [2.45, 2.75) is 12.1 Å². The monoisotopic (exact) mass is 305 g/mol. The predicted octanol–water partition coefficient (Wildman–Crippen LogP) is -0.343. The molecule has 3 N–H and O–H groups in total. The van der Waals surface area contributed by atoms with Crippen LogP contribution in [-0.2, 0) is 14.3 Å². The summed E-state index contributed by atoms with van der Waals surface area (Å²) in [4.78, 5) is 36.8. The Bertz CT molecular complexity index is 660. The molecule has 0 aliphatic carbocycles. The summed E-state index contributed by atoms with van der Waals surface area (Å²) < 4.78 is 4.65. The largest absolute Gasteiger partial charge is 0.480 e. The maximum absolute atomic E-state index is 12.2. The van der Waals surface area contributed by atoms with Gasteiger partial charge in [0.1, 0.15) is 12.1 Å². The molecule has 0 saturated carbocycles. The van der Waals surface area contributed by atoms with Gasteiger partial charge in [0, 0.05) is 13.1 Å². The lowest BCUT2D eigenvalue weighted by Gasteiger charge is -2.44. The van der Waals surface area contributed by atoms with Gasteiger partial charge in [-0.25, -0.2) is 9.59 Å². The SMILES string of the molecule is COC(=O)c1ccc2c(c1)NC(=O)C1CNCC(C(=O)O)N21. The van der Waals surface area contributed by atoms with Crippen LogP contribution in [0.2, 0.25) is 0 Å². The molecule has 2 aliphatic rings. The number of carbonyl (C=O) groups is 3. The minimum atomic E-state index is -1.00. The molecule has 0 spiro atoms. The summed E-state index contributed by atoms with van der Waals surface area (Å²) in [6.45, 7) is 0.616. The van der Waals surface area contributed by atoms with Crippen molar-refractivity contribution >= 4 is 29.2 Å². The number of anilines is 2. The molecular formula is C14H15N3O5. The molecule has 3 rings (SSSR count). The average molecular weight is 305 g/mol. The first-order chi connectivity index (χ1) is 10.5. The predicted molar refractivity (Wildman–Crippen MR) is 77.0 cm³/mol. The summed E-state index contributed by atoms with van der Waals surface area (Å²) in [6.07, 6.45) is 0. The van der Waals surface area contributed by atoms with Gasteiger partial charge in [-0.15, -0.1) is 0 Å². The third-order valence-electron chi connectivity index (χ3n) is 3.89. The van der Waals surface area contributed by atoms with Crippen molar-refractivity contribution in [1.82, 2.24) is 5.32 Å². The van der Waals surface area contributed by atoms with Gasteiger partial charge in [0.15, 0.2) is 0 Å². The zero-order valence-electron chi connectivity index (χ0n) is 11.8. The van der Waals surface area contributed by atoms with Crippen molar-refractivity contribution in [3.8, 4) is 0 Å². The Morgan fingerprint density at radius 1 is 1.36 bits per heavy atom. The Hall–Kier alpha value is -2.61. The van der Waals surface area contributed by atoms with Crippen LogP contribution in [0.15, 0.2) is 18.2 Å². The van der Waals surface area contributed by atoms with Gasteiger partial charge >= 0.3 is 11.9 Å². The minimum absolute atomic E-state index is 0.247. The van der Waals surface area contributed by atoms with Crippen LogP contribution in [-0.4, -0.2) is 55.2 Å². The third kappa shape index (κ3) is 2.17. The van der Waals surface area contributed by atoms with E-state index in [2.05, 4.69) is 15.4 Å². The number of fused-ring (bicyclic) bond motifs is 3. The summed E-state index contributed by atoms with van der Waals surface area (Å²) in [7, 11) is 1.27. The molecule has 22 heavy (non-hydrogen) atoms. The van der Waals surface area contributed by atoms with E-state index in [4.69, 9.17) is 0 Å². The summed E-state index contributed by atoms with van der Waals surface area (Å²) in [5, 5.41) is 15.1. The van der Waals surface area contributed by atoms with Gasteiger partial charge in [0.05, 0.1) is 24.0 Å². The number of rotatable bonds is 2. The number of methoxy groups -OCH3 is 1. The van der Waals surface area contributed by atoms with Crippen molar-refractivity contribution in [3.05, 3.63) is 23.8 Å². The Morgan fingerprint density at radius 3 is 2.82 bits per heavy atom. The molecule has 1 amide bonds. The number of nitrogens with one attached hydrogen (secondary N) is 2. The number of piperazine rings is 1. The lowest BCUT2D eigenvalue weighted by molar-refractivity contribution is -0.139. The minimum Gasteiger partial charge on any atom is -0.480 e. The van der Waals surface area contributed by atoms with E-state index in [0.29, 0.717) is 23.5 Å². The van der Waals surface area contributed by atoms with Gasteiger partial charge in [-0.3, -0.25) is 4.79 Å². The lowest BCUT2D eigenvalue weighted by atomic mass is 10.00. The van der Waals surface area contributed by atoms with Crippen LogP contribution in [0.25, 0.3) is 0 Å². The van der Waals surface area contributed by atoms with Crippen LogP contribution >= 0.6 is 0 Å². The zero-order chi connectivity index (χ0) is 15.9. The van der Waals surface area contributed by atoms with E-state index in [0.717, 1.165) is 0 Å². The van der Waals surface area contributed by atoms with E-state index < -0.39 is 24.0 Å². The van der Waals surface area contributed by atoms with Crippen molar-refractivity contribution in [2.24, 2.45) is 0 Å². The van der Waals surface area contributed by atoms with Crippen molar-refractivity contribution in [3.63, 3.8) is 0 Å². The van der Waals surface area contributed by atoms with E-state index in [1.165, 1.54) is 13.2 Å². The van der Waals surface area contributed by atoms with Crippen LogP contribution in [0.5, 0.6) is 0 Å². The highest BCUT2D eigenvalue weighted by Gasteiger charge is 2.42. The molecule has 2 aliphatic heterocycles. The molecule has 8 heteroatoms. The van der Waals surface area contributed by atoms with Crippen LogP contribution in [0.3, 0.4) is 0 Å². The van der Waals surface area contributed by atoms with Crippen molar-refractivity contribution in [1.29, 1.82) is 0 Å². The first-order valence-corrected chi connectivity index (χ1v) is 6.78. The van der Waals surface area contributed by atoms with E-state index in [1.807, 2.05) is 0 Å². The summed E-state index contributed by atoms with van der Waals surface area (Å²) in [5.74, 6) is -1.82. The van der Waals surface area contributed by atoms with Crippen LogP contribution < -0.4 is 15.5 Å². The lowest BCUT2D eigenvalue weighted by Crippen LogP contribution is -2.65. The Labute approximate surface area is 126 Å². The van der Waals surface area contributed by atoms with E-state index >= 15 is 0 Å². The second-order valence-corrected chi connectivity index (χ2v) is 5.15. The number of carboxylic acids is 1. The molecular weight excluding hydrogens is 290 g/mol. The quantitative estimate of drug-likeness (QED) is 0.641. The van der Waals surface area contributed by atoms with Gasteiger partial charge in [0.2, 0.25) is 5.91 Å². The zero-order valence-corrected chi connectivity index (χ0v) is 11.8. The maximum atomic E-state index is 12.2. The van der Waals surface area contributed by atoms with Crippen LogP contribution in [0.4, 0.5) is 11.4 Å². The van der Waals surface area contributed by atoms with Gasteiger partial charge < -0.3 is 25.4 Å². The number of ether oxygens (including phenoxy) is 1. The maximum Gasteiger partial charge on any atom is 0.337 e. The van der Waals surface area contributed by atoms with Crippen molar-refractivity contribution in [2.75, 3.05) is 30.4 Å². The Balaban J connectivity index is 2.06. The Kier molecular flexibility index (Phi) is 3.45.